The van der Waals surface area contributed by atoms with E-state index >= 15 is 0 Å². The lowest BCUT2D eigenvalue weighted by Gasteiger charge is -2.51. The molecule has 3 N–H and O–H groups in total. The summed E-state index contributed by atoms with van der Waals surface area (Å²) >= 11 is 0. The fourth-order valence-corrected chi connectivity index (χ4v) is 6.26. The molecule has 3 unspecified atom stereocenters. The maximum atomic E-state index is 11.3. The summed E-state index contributed by atoms with van der Waals surface area (Å²) in [6.07, 6.45) is 4.39. The van der Waals surface area contributed by atoms with Crippen molar-refractivity contribution in [2.75, 3.05) is 0 Å². The van der Waals surface area contributed by atoms with Gasteiger partial charge in [-0.2, -0.15) is 0 Å². The minimum atomic E-state index is -0.750. The van der Waals surface area contributed by atoms with Gasteiger partial charge in [0.1, 0.15) is 5.75 Å². The number of aliphatic hydroxyl groups is 1. The minimum absolute atomic E-state index is 0.0777. The molecule has 0 aliphatic heterocycles. The average molecular weight is 330 g/mol. The first-order valence-electron chi connectivity index (χ1n) is 9.12. The van der Waals surface area contributed by atoms with Crippen molar-refractivity contribution in [3.05, 3.63) is 29.3 Å². The number of carboxylic acids is 1. The number of carbonyl (C=O) groups is 1. The first kappa shape index (κ1) is 15.9. The Kier molecular flexibility index (Phi) is 3.64. The van der Waals surface area contributed by atoms with Gasteiger partial charge in [0.15, 0.2) is 0 Å². The van der Waals surface area contributed by atoms with Crippen molar-refractivity contribution in [2.45, 2.75) is 57.5 Å². The van der Waals surface area contributed by atoms with Crippen LogP contribution < -0.4 is 0 Å². The second kappa shape index (κ2) is 5.48. The number of aromatic hydroxyl groups is 1. The molecule has 3 aliphatic rings. The van der Waals surface area contributed by atoms with Crippen LogP contribution in [0.1, 0.15) is 56.1 Å². The molecular weight excluding hydrogens is 304 g/mol. The van der Waals surface area contributed by atoms with Gasteiger partial charge < -0.3 is 15.3 Å². The normalized spacial score (nSPS) is 40.5. The average Bonchev–Trinajstić information content (AvgIpc) is 2.77. The molecule has 1 aromatic carbocycles. The SMILES string of the molecule is C[C@]12CCC3c4ccc(O)cc4CCC3C1[C@@H](CC(=O)O)C[C@@H]2O. The van der Waals surface area contributed by atoms with E-state index < -0.39 is 5.97 Å². The topological polar surface area (TPSA) is 77.8 Å². The number of rotatable bonds is 2. The number of carboxylic acid groups (broad SMARTS) is 1. The lowest BCUT2D eigenvalue weighted by atomic mass is 9.54. The number of aliphatic carboxylic acids is 1. The van der Waals surface area contributed by atoms with E-state index in [0.717, 1.165) is 25.7 Å². The number of hydrogen-bond donors (Lipinski definition) is 3. The van der Waals surface area contributed by atoms with E-state index in [1.165, 1.54) is 11.1 Å². The third kappa shape index (κ3) is 2.26. The Balaban J connectivity index is 1.71. The third-order valence-corrected chi connectivity index (χ3v) is 7.24. The molecule has 0 amide bonds. The van der Waals surface area contributed by atoms with Gasteiger partial charge in [-0.15, -0.1) is 0 Å². The number of phenolic OH excluding ortho intramolecular Hbond substituents is 1. The number of aliphatic hydroxyl groups excluding tert-OH is 1. The Hall–Kier alpha value is -1.55. The van der Waals surface area contributed by atoms with Crippen LogP contribution in [0.25, 0.3) is 0 Å². The van der Waals surface area contributed by atoms with Crippen molar-refractivity contribution < 1.29 is 20.1 Å². The summed E-state index contributed by atoms with van der Waals surface area (Å²) in [5.74, 6) is 0.821. The van der Waals surface area contributed by atoms with E-state index in [1.807, 2.05) is 6.07 Å². The summed E-state index contributed by atoms with van der Waals surface area (Å²) in [6.45, 7) is 2.17. The molecule has 4 heteroatoms. The van der Waals surface area contributed by atoms with E-state index in [1.54, 1.807) is 6.07 Å². The molecule has 2 saturated carbocycles. The van der Waals surface area contributed by atoms with E-state index in [0.29, 0.717) is 24.0 Å². The molecule has 1 aromatic rings. The molecule has 130 valence electrons. The zero-order chi connectivity index (χ0) is 17.1. The molecule has 4 rings (SSSR count). The zero-order valence-corrected chi connectivity index (χ0v) is 14.1. The highest BCUT2D eigenvalue weighted by Gasteiger charge is 2.58. The number of aryl methyl sites for hydroxylation is 1. The first-order valence-corrected chi connectivity index (χ1v) is 9.12. The smallest absolute Gasteiger partial charge is 0.303 e. The van der Waals surface area contributed by atoms with Crippen molar-refractivity contribution >= 4 is 5.97 Å². The molecule has 3 aliphatic carbocycles. The molecule has 0 spiro atoms. The lowest BCUT2D eigenvalue weighted by molar-refractivity contribution is -0.139. The monoisotopic (exact) mass is 330 g/mol. The highest BCUT2D eigenvalue weighted by molar-refractivity contribution is 5.67. The highest BCUT2D eigenvalue weighted by Crippen LogP contribution is 2.63. The molecule has 24 heavy (non-hydrogen) atoms. The molecule has 0 radical (unpaired) electrons. The molecule has 0 heterocycles. The van der Waals surface area contributed by atoms with Crippen molar-refractivity contribution in [2.24, 2.45) is 23.2 Å². The highest BCUT2D eigenvalue weighted by atomic mass is 16.4. The second-order valence-corrected chi connectivity index (χ2v) is 8.37. The van der Waals surface area contributed by atoms with Gasteiger partial charge in [0, 0.05) is 6.42 Å². The molecule has 6 atom stereocenters. The molecule has 0 saturated heterocycles. The van der Waals surface area contributed by atoms with Crippen LogP contribution in [0.15, 0.2) is 18.2 Å². The summed E-state index contributed by atoms with van der Waals surface area (Å²) in [7, 11) is 0. The van der Waals surface area contributed by atoms with Gasteiger partial charge in [-0.05, 0) is 84.5 Å². The number of fused-ring (bicyclic) bond motifs is 5. The van der Waals surface area contributed by atoms with E-state index in [2.05, 4.69) is 13.0 Å². The Morgan fingerprint density at radius 2 is 2.12 bits per heavy atom. The quantitative estimate of drug-likeness (QED) is 0.777. The van der Waals surface area contributed by atoms with Crippen molar-refractivity contribution in [1.29, 1.82) is 0 Å². The third-order valence-electron chi connectivity index (χ3n) is 7.24. The van der Waals surface area contributed by atoms with Gasteiger partial charge in [-0.3, -0.25) is 4.79 Å². The van der Waals surface area contributed by atoms with E-state index in [9.17, 15) is 20.1 Å². The molecular formula is C20H26O4. The van der Waals surface area contributed by atoms with Gasteiger partial charge in [0.2, 0.25) is 0 Å². The van der Waals surface area contributed by atoms with E-state index in [-0.39, 0.29) is 29.8 Å². The molecule has 4 nitrogen and oxygen atoms in total. The van der Waals surface area contributed by atoms with Crippen LogP contribution in [-0.4, -0.2) is 27.4 Å². The van der Waals surface area contributed by atoms with Crippen LogP contribution in [0.5, 0.6) is 5.75 Å². The largest absolute Gasteiger partial charge is 0.508 e. The van der Waals surface area contributed by atoms with Gasteiger partial charge in [-0.1, -0.05) is 13.0 Å². The van der Waals surface area contributed by atoms with Crippen LogP contribution in [0.3, 0.4) is 0 Å². The van der Waals surface area contributed by atoms with Crippen LogP contribution in [0.4, 0.5) is 0 Å². The standard InChI is InChI=1S/C20H26O4/c1-20-7-6-15-14-5-3-13(21)8-11(14)2-4-16(15)19(20)12(9-17(20)22)10-18(23)24/h3,5,8,12,15-17,19,21-22H,2,4,6-7,9-10H2,1H3,(H,23,24)/t12-,15?,16?,17+,19?,20-/m1/s1. The summed E-state index contributed by atoms with van der Waals surface area (Å²) < 4.78 is 0. The zero-order valence-electron chi connectivity index (χ0n) is 14.1. The van der Waals surface area contributed by atoms with E-state index in [4.69, 9.17) is 0 Å². The van der Waals surface area contributed by atoms with Crippen molar-refractivity contribution in [3.8, 4) is 5.75 Å². The fourth-order valence-electron chi connectivity index (χ4n) is 6.26. The summed E-state index contributed by atoms with van der Waals surface area (Å²) in [4.78, 5) is 11.3. The predicted octanol–water partition coefficient (Wildman–Crippen LogP) is 3.31. The van der Waals surface area contributed by atoms with Gasteiger partial charge in [-0.25, -0.2) is 0 Å². The molecule has 0 bridgehead atoms. The number of hydrogen-bond acceptors (Lipinski definition) is 3. The van der Waals surface area contributed by atoms with Crippen molar-refractivity contribution in [3.63, 3.8) is 0 Å². The van der Waals surface area contributed by atoms with Crippen LogP contribution in [0.2, 0.25) is 0 Å². The Labute approximate surface area is 142 Å². The molecule has 2 fully saturated rings. The number of phenols is 1. The van der Waals surface area contributed by atoms with Gasteiger partial charge >= 0.3 is 5.97 Å². The summed E-state index contributed by atoms with van der Waals surface area (Å²) in [5, 5.41) is 29.7. The fraction of sp³-hybridized carbons (Fsp3) is 0.650. The van der Waals surface area contributed by atoms with Crippen LogP contribution >= 0.6 is 0 Å². The maximum absolute atomic E-state index is 11.3. The Morgan fingerprint density at radius 1 is 1.33 bits per heavy atom. The van der Waals surface area contributed by atoms with Crippen LogP contribution in [0, 0.1) is 23.2 Å². The second-order valence-electron chi connectivity index (χ2n) is 8.37. The number of benzene rings is 1. The first-order chi connectivity index (χ1) is 11.4. The summed E-state index contributed by atoms with van der Waals surface area (Å²) in [6, 6.07) is 5.71. The van der Waals surface area contributed by atoms with Gasteiger partial charge in [0.05, 0.1) is 6.10 Å². The lowest BCUT2D eigenvalue weighted by Crippen LogP contribution is -2.45. The Bertz CT molecular complexity index is 670. The van der Waals surface area contributed by atoms with Crippen molar-refractivity contribution in [1.82, 2.24) is 0 Å². The van der Waals surface area contributed by atoms with Gasteiger partial charge in [0.25, 0.3) is 0 Å². The minimum Gasteiger partial charge on any atom is -0.508 e. The van der Waals surface area contributed by atoms with Crippen LogP contribution in [-0.2, 0) is 11.2 Å². The summed E-state index contributed by atoms with van der Waals surface area (Å²) in [5.41, 5.74) is 2.44. The molecule has 0 aromatic heterocycles. The Morgan fingerprint density at radius 3 is 2.88 bits per heavy atom. The predicted molar refractivity (Wildman–Crippen MR) is 89.9 cm³/mol. The maximum Gasteiger partial charge on any atom is 0.303 e.